The number of aliphatic hydroxyl groups is 2. The fourth-order valence-electron chi connectivity index (χ4n) is 0.759. The van der Waals surface area contributed by atoms with E-state index in [1.165, 1.54) is 0 Å². The summed E-state index contributed by atoms with van der Waals surface area (Å²) in [4.78, 5) is 0. The maximum atomic E-state index is 9.32. The lowest BCUT2D eigenvalue weighted by Crippen LogP contribution is -2.19. The summed E-state index contributed by atoms with van der Waals surface area (Å²) in [5.41, 5.74) is 0. The van der Waals surface area contributed by atoms with E-state index in [1.807, 2.05) is 20.8 Å². The van der Waals surface area contributed by atoms with Crippen LogP contribution >= 0.6 is 0 Å². The maximum absolute atomic E-state index is 9.32. The zero-order chi connectivity index (χ0) is 8.15. The van der Waals surface area contributed by atoms with Crippen LogP contribution in [-0.2, 0) is 0 Å². The SMILES string of the molecule is CC(CO)CC(O)C(C)C. The number of hydrogen-bond acceptors (Lipinski definition) is 2. The van der Waals surface area contributed by atoms with Crippen LogP contribution < -0.4 is 0 Å². The summed E-state index contributed by atoms with van der Waals surface area (Å²) in [6, 6.07) is 0. The van der Waals surface area contributed by atoms with Gasteiger partial charge < -0.3 is 10.2 Å². The van der Waals surface area contributed by atoms with Crippen molar-refractivity contribution < 1.29 is 10.2 Å². The first kappa shape index (κ1) is 9.92. The highest BCUT2D eigenvalue weighted by Gasteiger charge is 2.12. The van der Waals surface area contributed by atoms with Crippen molar-refractivity contribution in [2.24, 2.45) is 11.8 Å². The Morgan fingerprint density at radius 1 is 1.20 bits per heavy atom. The van der Waals surface area contributed by atoms with Crippen LogP contribution in [0.5, 0.6) is 0 Å². The highest BCUT2D eigenvalue weighted by molar-refractivity contribution is 4.63. The third-order valence-corrected chi connectivity index (χ3v) is 1.73. The van der Waals surface area contributed by atoms with Gasteiger partial charge in [-0.3, -0.25) is 0 Å². The van der Waals surface area contributed by atoms with Crippen LogP contribution in [0.4, 0.5) is 0 Å². The topological polar surface area (TPSA) is 40.5 Å². The van der Waals surface area contributed by atoms with Crippen LogP contribution in [0.15, 0.2) is 0 Å². The predicted molar refractivity (Wildman–Crippen MR) is 41.7 cm³/mol. The average Bonchev–Trinajstić information content (AvgIpc) is 1.87. The molecular weight excluding hydrogens is 128 g/mol. The van der Waals surface area contributed by atoms with Crippen LogP contribution in [-0.4, -0.2) is 22.9 Å². The minimum atomic E-state index is -0.262. The third kappa shape index (κ3) is 3.85. The molecule has 2 unspecified atom stereocenters. The van der Waals surface area contributed by atoms with Crippen molar-refractivity contribution in [3.63, 3.8) is 0 Å². The molecule has 2 N–H and O–H groups in total. The fourth-order valence-corrected chi connectivity index (χ4v) is 0.759. The summed E-state index contributed by atoms with van der Waals surface area (Å²) >= 11 is 0. The van der Waals surface area contributed by atoms with Gasteiger partial charge in [0.2, 0.25) is 0 Å². The minimum Gasteiger partial charge on any atom is -0.396 e. The van der Waals surface area contributed by atoms with E-state index in [1.54, 1.807) is 0 Å². The van der Waals surface area contributed by atoms with Gasteiger partial charge >= 0.3 is 0 Å². The van der Waals surface area contributed by atoms with Crippen molar-refractivity contribution in [2.75, 3.05) is 6.61 Å². The molecular formula is C8H18O2. The molecule has 0 aromatic rings. The van der Waals surface area contributed by atoms with Crippen LogP contribution in [0.25, 0.3) is 0 Å². The van der Waals surface area contributed by atoms with E-state index in [0.717, 1.165) is 0 Å². The Labute approximate surface area is 62.9 Å². The molecule has 62 valence electrons. The van der Waals surface area contributed by atoms with Crippen molar-refractivity contribution in [3.05, 3.63) is 0 Å². The molecule has 0 saturated carbocycles. The van der Waals surface area contributed by atoms with E-state index in [9.17, 15) is 5.11 Å². The molecule has 0 aromatic heterocycles. The number of aliphatic hydroxyl groups excluding tert-OH is 2. The zero-order valence-corrected chi connectivity index (χ0v) is 7.04. The van der Waals surface area contributed by atoms with E-state index in [0.29, 0.717) is 12.3 Å². The summed E-state index contributed by atoms with van der Waals surface area (Å²) < 4.78 is 0. The normalized spacial score (nSPS) is 17.4. The Kier molecular flexibility index (Phi) is 4.65. The van der Waals surface area contributed by atoms with Crippen LogP contribution in [0.2, 0.25) is 0 Å². The van der Waals surface area contributed by atoms with E-state index in [4.69, 9.17) is 5.11 Å². The van der Waals surface area contributed by atoms with Gasteiger partial charge in [-0.1, -0.05) is 20.8 Å². The molecule has 0 radical (unpaired) electrons. The van der Waals surface area contributed by atoms with Gasteiger partial charge in [0, 0.05) is 6.61 Å². The second-order valence-corrected chi connectivity index (χ2v) is 3.33. The first-order valence-corrected chi connectivity index (χ1v) is 3.86. The highest BCUT2D eigenvalue weighted by Crippen LogP contribution is 2.11. The first-order valence-electron chi connectivity index (χ1n) is 3.86. The van der Waals surface area contributed by atoms with E-state index < -0.39 is 0 Å². The van der Waals surface area contributed by atoms with Crippen molar-refractivity contribution >= 4 is 0 Å². The second kappa shape index (κ2) is 4.69. The monoisotopic (exact) mass is 146 g/mol. The predicted octanol–water partition coefficient (Wildman–Crippen LogP) is 1.02. The number of hydrogen-bond donors (Lipinski definition) is 2. The summed E-state index contributed by atoms with van der Waals surface area (Å²) in [6.45, 7) is 6.07. The van der Waals surface area contributed by atoms with Crippen molar-refractivity contribution in [2.45, 2.75) is 33.3 Å². The van der Waals surface area contributed by atoms with Gasteiger partial charge in [0.05, 0.1) is 6.10 Å². The molecule has 2 nitrogen and oxygen atoms in total. The Morgan fingerprint density at radius 2 is 1.70 bits per heavy atom. The molecule has 0 fully saturated rings. The van der Waals surface area contributed by atoms with Gasteiger partial charge in [0.25, 0.3) is 0 Å². The quantitative estimate of drug-likeness (QED) is 0.621. The van der Waals surface area contributed by atoms with Gasteiger partial charge in [-0.25, -0.2) is 0 Å². The van der Waals surface area contributed by atoms with Crippen molar-refractivity contribution in [1.82, 2.24) is 0 Å². The first-order chi connectivity index (χ1) is 4.57. The molecule has 0 amide bonds. The molecule has 0 aliphatic heterocycles. The lowest BCUT2D eigenvalue weighted by molar-refractivity contribution is 0.0850. The molecule has 0 aromatic carbocycles. The summed E-state index contributed by atoms with van der Waals surface area (Å²) in [6.07, 6.45) is 0.441. The van der Waals surface area contributed by atoms with Gasteiger partial charge in [-0.15, -0.1) is 0 Å². The fraction of sp³-hybridized carbons (Fsp3) is 1.00. The largest absolute Gasteiger partial charge is 0.396 e. The Morgan fingerprint density at radius 3 is 2.00 bits per heavy atom. The van der Waals surface area contributed by atoms with E-state index in [2.05, 4.69) is 0 Å². The highest BCUT2D eigenvalue weighted by atomic mass is 16.3. The van der Waals surface area contributed by atoms with Gasteiger partial charge in [-0.2, -0.15) is 0 Å². The standard InChI is InChI=1S/C8H18O2/c1-6(2)8(10)4-7(3)5-9/h6-10H,4-5H2,1-3H3. The minimum absolute atomic E-state index is 0.170. The molecule has 0 rings (SSSR count). The molecule has 0 saturated heterocycles. The second-order valence-electron chi connectivity index (χ2n) is 3.33. The van der Waals surface area contributed by atoms with Gasteiger partial charge in [0.15, 0.2) is 0 Å². The molecule has 0 aliphatic rings. The van der Waals surface area contributed by atoms with Gasteiger partial charge in [0.1, 0.15) is 0 Å². The molecule has 0 bridgehead atoms. The molecule has 0 spiro atoms. The average molecular weight is 146 g/mol. The lowest BCUT2D eigenvalue weighted by Gasteiger charge is -2.17. The molecule has 0 heterocycles. The van der Waals surface area contributed by atoms with Crippen LogP contribution in [0.3, 0.4) is 0 Å². The number of rotatable bonds is 4. The van der Waals surface area contributed by atoms with Crippen molar-refractivity contribution in [3.8, 4) is 0 Å². The molecule has 2 atom stereocenters. The smallest absolute Gasteiger partial charge is 0.0566 e. The van der Waals surface area contributed by atoms with Crippen molar-refractivity contribution in [1.29, 1.82) is 0 Å². The van der Waals surface area contributed by atoms with Crippen LogP contribution in [0.1, 0.15) is 27.2 Å². The lowest BCUT2D eigenvalue weighted by atomic mass is 9.97. The zero-order valence-electron chi connectivity index (χ0n) is 7.04. The third-order valence-electron chi connectivity index (χ3n) is 1.73. The molecule has 10 heavy (non-hydrogen) atoms. The Hall–Kier alpha value is -0.0800. The maximum Gasteiger partial charge on any atom is 0.0566 e. The Balaban J connectivity index is 3.46. The van der Waals surface area contributed by atoms with E-state index >= 15 is 0 Å². The summed E-state index contributed by atoms with van der Waals surface area (Å²) in [5.74, 6) is 0.520. The van der Waals surface area contributed by atoms with E-state index in [-0.39, 0.29) is 18.6 Å². The summed E-state index contributed by atoms with van der Waals surface area (Å²) in [5, 5.41) is 18.0. The molecule has 2 heteroatoms. The Bertz CT molecular complexity index is 81.3. The molecule has 0 aliphatic carbocycles. The summed E-state index contributed by atoms with van der Waals surface area (Å²) in [7, 11) is 0. The van der Waals surface area contributed by atoms with Crippen LogP contribution in [0, 0.1) is 11.8 Å². The van der Waals surface area contributed by atoms with Gasteiger partial charge in [-0.05, 0) is 18.3 Å².